The minimum absolute atomic E-state index is 0.307. The first-order valence-corrected chi connectivity index (χ1v) is 9.79. The van der Waals surface area contributed by atoms with Gasteiger partial charge in [0.2, 0.25) is 0 Å². The summed E-state index contributed by atoms with van der Waals surface area (Å²) >= 11 is 0. The van der Waals surface area contributed by atoms with E-state index >= 15 is 0 Å². The molecule has 1 aliphatic heterocycles. The van der Waals surface area contributed by atoms with E-state index in [1.165, 1.54) is 6.07 Å². The number of rotatable bonds is 4. The maximum atomic E-state index is 14.0. The monoisotopic (exact) mass is 401 g/mol. The zero-order valence-electron chi connectivity index (χ0n) is 16.3. The van der Waals surface area contributed by atoms with Crippen molar-refractivity contribution in [1.82, 2.24) is 20.0 Å². The van der Waals surface area contributed by atoms with Crippen molar-refractivity contribution in [3.05, 3.63) is 83.6 Å². The van der Waals surface area contributed by atoms with Gasteiger partial charge in [-0.2, -0.15) is 0 Å². The SMILES string of the molecule is Nc1ccc(-c2ncc3c(n2)CCN(Cc2cc(-c4ccccc4F)no2)C3)cc1. The molecule has 0 amide bonds. The van der Waals surface area contributed by atoms with Crippen LogP contribution in [-0.4, -0.2) is 26.6 Å². The number of hydrogen-bond donors (Lipinski definition) is 1. The van der Waals surface area contributed by atoms with Crippen LogP contribution in [0.25, 0.3) is 22.6 Å². The largest absolute Gasteiger partial charge is 0.399 e. The van der Waals surface area contributed by atoms with E-state index in [-0.39, 0.29) is 5.82 Å². The fourth-order valence-electron chi connectivity index (χ4n) is 3.68. The number of fused-ring (bicyclic) bond motifs is 1. The Hall–Kier alpha value is -3.58. The molecule has 2 aromatic heterocycles. The van der Waals surface area contributed by atoms with E-state index < -0.39 is 0 Å². The average Bonchev–Trinajstić information content (AvgIpc) is 3.22. The van der Waals surface area contributed by atoms with Gasteiger partial charge < -0.3 is 10.3 Å². The molecule has 1 aliphatic rings. The predicted molar refractivity (Wildman–Crippen MR) is 112 cm³/mol. The summed E-state index contributed by atoms with van der Waals surface area (Å²) in [6, 6.07) is 15.9. The second-order valence-corrected chi connectivity index (χ2v) is 7.41. The molecule has 0 unspecified atom stereocenters. The fourth-order valence-corrected chi connectivity index (χ4v) is 3.68. The summed E-state index contributed by atoms with van der Waals surface area (Å²) in [5.41, 5.74) is 10.6. The van der Waals surface area contributed by atoms with Crippen LogP contribution in [-0.2, 0) is 19.5 Å². The molecule has 30 heavy (non-hydrogen) atoms. The van der Waals surface area contributed by atoms with E-state index in [0.29, 0.717) is 29.4 Å². The molecular weight excluding hydrogens is 381 g/mol. The number of nitrogens with zero attached hydrogens (tertiary/aromatic N) is 4. The van der Waals surface area contributed by atoms with Gasteiger partial charge in [0, 0.05) is 54.2 Å². The van der Waals surface area contributed by atoms with Gasteiger partial charge in [-0.1, -0.05) is 17.3 Å². The molecule has 3 heterocycles. The standard InChI is InChI=1S/C23H20FN5O/c24-20-4-2-1-3-19(20)22-11-18(30-28-22)14-29-10-9-21-16(13-29)12-26-23(27-21)15-5-7-17(25)8-6-15/h1-8,11-12H,9-10,13-14,25H2. The van der Waals surface area contributed by atoms with Crippen LogP contribution in [0.15, 0.2) is 65.3 Å². The summed E-state index contributed by atoms with van der Waals surface area (Å²) in [6.45, 7) is 2.18. The van der Waals surface area contributed by atoms with Crippen molar-refractivity contribution in [2.45, 2.75) is 19.5 Å². The molecule has 0 bridgehead atoms. The maximum Gasteiger partial charge on any atom is 0.159 e. The van der Waals surface area contributed by atoms with Gasteiger partial charge in [0.1, 0.15) is 11.5 Å². The van der Waals surface area contributed by atoms with E-state index in [9.17, 15) is 4.39 Å². The quantitative estimate of drug-likeness (QED) is 0.519. The van der Waals surface area contributed by atoms with Gasteiger partial charge in [-0.05, 0) is 36.4 Å². The van der Waals surface area contributed by atoms with E-state index in [1.807, 2.05) is 30.5 Å². The normalized spacial score (nSPS) is 13.9. The third-order valence-electron chi connectivity index (χ3n) is 5.27. The Morgan fingerprint density at radius 3 is 2.77 bits per heavy atom. The summed E-state index contributed by atoms with van der Waals surface area (Å²) in [7, 11) is 0. The predicted octanol–water partition coefficient (Wildman–Crippen LogP) is 4.08. The Morgan fingerprint density at radius 2 is 1.93 bits per heavy atom. The summed E-state index contributed by atoms with van der Waals surface area (Å²) in [4.78, 5) is 11.5. The Bertz CT molecular complexity index is 1190. The lowest BCUT2D eigenvalue weighted by molar-refractivity contribution is 0.213. The van der Waals surface area contributed by atoms with Gasteiger partial charge in [0.15, 0.2) is 11.6 Å². The Balaban J connectivity index is 1.30. The van der Waals surface area contributed by atoms with E-state index in [1.54, 1.807) is 24.3 Å². The molecule has 0 spiro atoms. The highest BCUT2D eigenvalue weighted by atomic mass is 19.1. The summed E-state index contributed by atoms with van der Waals surface area (Å²) in [6.07, 6.45) is 2.72. The van der Waals surface area contributed by atoms with Crippen LogP contribution in [0, 0.1) is 5.82 Å². The first-order chi connectivity index (χ1) is 14.7. The molecule has 7 heteroatoms. The highest BCUT2D eigenvalue weighted by Crippen LogP contribution is 2.25. The molecule has 0 fully saturated rings. The molecule has 2 aromatic carbocycles. The Kier molecular flexibility index (Phi) is 4.72. The maximum absolute atomic E-state index is 14.0. The number of nitrogens with two attached hydrogens (primary N) is 1. The minimum Gasteiger partial charge on any atom is -0.399 e. The van der Waals surface area contributed by atoms with Gasteiger partial charge in [-0.25, -0.2) is 14.4 Å². The number of nitrogen functional groups attached to an aromatic ring is 1. The smallest absolute Gasteiger partial charge is 0.159 e. The average molecular weight is 401 g/mol. The third-order valence-corrected chi connectivity index (χ3v) is 5.27. The Morgan fingerprint density at radius 1 is 1.10 bits per heavy atom. The number of anilines is 1. The van der Waals surface area contributed by atoms with E-state index in [2.05, 4.69) is 15.0 Å². The van der Waals surface area contributed by atoms with E-state index in [4.69, 9.17) is 15.2 Å². The summed E-state index contributed by atoms with van der Waals surface area (Å²) < 4.78 is 19.4. The number of benzene rings is 2. The lowest BCUT2D eigenvalue weighted by atomic mass is 10.1. The van der Waals surface area contributed by atoms with Crippen LogP contribution in [0.5, 0.6) is 0 Å². The molecule has 150 valence electrons. The number of aromatic nitrogens is 3. The zero-order valence-corrected chi connectivity index (χ0v) is 16.3. The van der Waals surface area contributed by atoms with Crippen molar-refractivity contribution in [2.75, 3.05) is 12.3 Å². The second kappa shape index (κ2) is 7.68. The topological polar surface area (TPSA) is 81.1 Å². The molecule has 2 N–H and O–H groups in total. The van der Waals surface area contributed by atoms with Gasteiger partial charge >= 0.3 is 0 Å². The lowest BCUT2D eigenvalue weighted by Gasteiger charge is -2.27. The van der Waals surface area contributed by atoms with Crippen molar-refractivity contribution in [1.29, 1.82) is 0 Å². The zero-order chi connectivity index (χ0) is 20.5. The molecule has 0 radical (unpaired) electrons. The van der Waals surface area contributed by atoms with E-state index in [0.717, 1.165) is 42.0 Å². The first kappa shape index (κ1) is 18.4. The van der Waals surface area contributed by atoms with Crippen molar-refractivity contribution in [3.63, 3.8) is 0 Å². The van der Waals surface area contributed by atoms with Crippen molar-refractivity contribution in [2.24, 2.45) is 0 Å². The first-order valence-electron chi connectivity index (χ1n) is 9.79. The second-order valence-electron chi connectivity index (χ2n) is 7.41. The van der Waals surface area contributed by atoms with Crippen molar-refractivity contribution < 1.29 is 8.91 Å². The van der Waals surface area contributed by atoms with Crippen LogP contribution < -0.4 is 5.73 Å². The number of halogens is 1. The molecular formula is C23H20FN5O. The molecule has 4 aromatic rings. The molecule has 0 saturated carbocycles. The van der Waals surface area contributed by atoms with Gasteiger partial charge in [-0.15, -0.1) is 0 Å². The fraction of sp³-hybridized carbons (Fsp3) is 0.174. The van der Waals surface area contributed by atoms with Crippen molar-refractivity contribution in [3.8, 4) is 22.6 Å². The van der Waals surface area contributed by atoms with Gasteiger partial charge in [0.25, 0.3) is 0 Å². The molecule has 0 saturated heterocycles. The minimum atomic E-state index is -0.307. The Labute approximate surface area is 173 Å². The lowest BCUT2D eigenvalue weighted by Crippen LogP contribution is -2.30. The highest BCUT2D eigenvalue weighted by Gasteiger charge is 2.21. The van der Waals surface area contributed by atoms with Gasteiger partial charge in [0.05, 0.1) is 12.2 Å². The van der Waals surface area contributed by atoms with Crippen LogP contribution in [0.4, 0.5) is 10.1 Å². The molecule has 5 rings (SSSR count). The summed E-state index contributed by atoms with van der Waals surface area (Å²) in [5, 5.41) is 4.03. The molecule has 0 atom stereocenters. The summed E-state index contributed by atoms with van der Waals surface area (Å²) in [5.74, 6) is 1.11. The molecule has 6 nitrogen and oxygen atoms in total. The van der Waals surface area contributed by atoms with Crippen molar-refractivity contribution >= 4 is 5.69 Å². The molecule has 0 aliphatic carbocycles. The van der Waals surface area contributed by atoms with Crippen LogP contribution in [0.2, 0.25) is 0 Å². The highest BCUT2D eigenvalue weighted by molar-refractivity contribution is 5.60. The third kappa shape index (κ3) is 3.67. The van der Waals surface area contributed by atoms with Crippen LogP contribution in [0.3, 0.4) is 0 Å². The van der Waals surface area contributed by atoms with Crippen LogP contribution >= 0.6 is 0 Å². The van der Waals surface area contributed by atoms with Crippen LogP contribution in [0.1, 0.15) is 17.0 Å². The van der Waals surface area contributed by atoms with Gasteiger partial charge in [-0.3, -0.25) is 4.90 Å². The number of hydrogen-bond acceptors (Lipinski definition) is 6.